The van der Waals surface area contributed by atoms with Crippen LogP contribution < -0.4 is 5.32 Å². The van der Waals surface area contributed by atoms with Crippen LogP contribution in [0, 0.1) is 12.8 Å². The smallest absolute Gasteiger partial charge is 0.269 e. The zero-order valence-electron chi connectivity index (χ0n) is 10.2. The summed E-state index contributed by atoms with van der Waals surface area (Å²) in [6, 6.07) is 1.80. The van der Waals surface area contributed by atoms with Crippen molar-refractivity contribution in [2.45, 2.75) is 38.6 Å². The second kappa shape index (κ2) is 5.08. The largest absolute Gasteiger partial charge is 0.349 e. The Hall–Kier alpha value is -1.03. The average Bonchev–Trinajstić information content (AvgIpc) is 3.09. The number of carbonyl (C=O) groups is 1. The lowest BCUT2D eigenvalue weighted by molar-refractivity contribution is 0.0942. The zero-order chi connectivity index (χ0) is 12.4. The maximum absolute atomic E-state index is 12.0. The minimum atomic E-state index is -0.0845. The minimum Gasteiger partial charge on any atom is -0.349 e. The van der Waals surface area contributed by atoms with E-state index in [2.05, 4.69) is 10.4 Å². The zero-order valence-corrected chi connectivity index (χ0v) is 11.0. The quantitative estimate of drug-likeness (QED) is 0.818. The molecule has 0 aromatic carbocycles. The van der Waals surface area contributed by atoms with Gasteiger partial charge in [-0.1, -0.05) is 0 Å². The summed E-state index contributed by atoms with van der Waals surface area (Å²) >= 11 is 6.15. The number of aryl methyl sites for hydroxylation is 2. The Labute approximate surface area is 106 Å². The van der Waals surface area contributed by atoms with Crippen molar-refractivity contribution in [2.75, 3.05) is 6.54 Å². The molecule has 5 heteroatoms. The van der Waals surface area contributed by atoms with Gasteiger partial charge in [-0.15, -0.1) is 11.6 Å². The van der Waals surface area contributed by atoms with Crippen LogP contribution >= 0.6 is 11.6 Å². The first-order chi connectivity index (χ1) is 8.11. The van der Waals surface area contributed by atoms with Gasteiger partial charge in [0, 0.05) is 13.1 Å². The van der Waals surface area contributed by atoms with E-state index in [0.29, 0.717) is 24.7 Å². The fraction of sp³-hybridized carbons (Fsp3) is 0.667. The molecular weight excluding hydrogens is 238 g/mol. The summed E-state index contributed by atoms with van der Waals surface area (Å²) < 4.78 is 1.71. The molecule has 4 nitrogen and oxygen atoms in total. The third-order valence-electron chi connectivity index (χ3n) is 3.03. The average molecular weight is 256 g/mol. The van der Waals surface area contributed by atoms with Crippen LogP contribution in [-0.4, -0.2) is 27.6 Å². The predicted molar refractivity (Wildman–Crippen MR) is 67.3 cm³/mol. The molecule has 0 saturated heterocycles. The Bertz CT molecular complexity index is 412. The highest BCUT2D eigenvalue weighted by Gasteiger charge is 2.30. The summed E-state index contributed by atoms with van der Waals surface area (Å²) in [7, 11) is 0. The summed E-state index contributed by atoms with van der Waals surface area (Å²) in [5, 5.41) is 7.19. The Morgan fingerprint density at radius 1 is 1.71 bits per heavy atom. The first-order valence-corrected chi connectivity index (χ1v) is 6.52. The van der Waals surface area contributed by atoms with Gasteiger partial charge in [0.15, 0.2) is 0 Å². The van der Waals surface area contributed by atoms with Crippen molar-refractivity contribution in [3.63, 3.8) is 0 Å². The molecule has 2 rings (SSSR count). The molecule has 0 spiro atoms. The topological polar surface area (TPSA) is 46.9 Å². The maximum atomic E-state index is 12.0. The first-order valence-electron chi connectivity index (χ1n) is 6.08. The van der Waals surface area contributed by atoms with Gasteiger partial charge in [0.2, 0.25) is 0 Å². The molecule has 1 amide bonds. The Morgan fingerprint density at radius 2 is 2.41 bits per heavy atom. The fourth-order valence-corrected chi connectivity index (χ4v) is 2.20. The molecular formula is C12H18ClN3O. The van der Waals surface area contributed by atoms with Crippen LogP contribution in [0.25, 0.3) is 0 Å². The predicted octanol–water partition coefficient (Wildman–Crippen LogP) is 1.96. The highest BCUT2D eigenvalue weighted by atomic mass is 35.5. The standard InChI is InChI=1S/C12H18ClN3O/c1-3-16-11(6-8(2)15-16)12(17)14-7-10(13)9-4-5-9/h6,9-10H,3-5,7H2,1-2H3,(H,14,17). The van der Waals surface area contributed by atoms with E-state index in [-0.39, 0.29) is 11.3 Å². The van der Waals surface area contributed by atoms with Crippen molar-refractivity contribution in [3.05, 3.63) is 17.5 Å². The van der Waals surface area contributed by atoms with E-state index in [1.54, 1.807) is 10.7 Å². The molecule has 1 atom stereocenters. The van der Waals surface area contributed by atoms with Gasteiger partial charge in [0.05, 0.1) is 11.1 Å². The second-order valence-corrected chi connectivity index (χ2v) is 5.11. The summed E-state index contributed by atoms with van der Waals surface area (Å²) in [5.74, 6) is 0.508. The maximum Gasteiger partial charge on any atom is 0.269 e. The van der Waals surface area contributed by atoms with Crippen molar-refractivity contribution < 1.29 is 4.79 Å². The van der Waals surface area contributed by atoms with Crippen LogP contribution in [0.15, 0.2) is 6.07 Å². The molecule has 94 valence electrons. The van der Waals surface area contributed by atoms with Gasteiger partial charge < -0.3 is 5.32 Å². The monoisotopic (exact) mass is 255 g/mol. The van der Waals surface area contributed by atoms with Crippen molar-refractivity contribution in [1.82, 2.24) is 15.1 Å². The van der Waals surface area contributed by atoms with E-state index in [9.17, 15) is 4.79 Å². The molecule has 1 aromatic rings. The van der Waals surface area contributed by atoms with Crippen molar-refractivity contribution in [2.24, 2.45) is 5.92 Å². The lowest BCUT2D eigenvalue weighted by Crippen LogP contribution is -2.32. The molecule has 1 aliphatic carbocycles. The Balaban J connectivity index is 1.93. The van der Waals surface area contributed by atoms with Crippen LogP contribution in [0.3, 0.4) is 0 Å². The first kappa shape index (κ1) is 12.4. The second-order valence-electron chi connectivity index (χ2n) is 4.55. The van der Waals surface area contributed by atoms with Gasteiger partial charge in [0.25, 0.3) is 5.91 Å². The number of carbonyl (C=O) groups excluding carboxylic acids is 1. The number of alkyl halides is 1. The summed E-state index contributed by atoms with van der Waals surface area (Å²) in [5.41, 5.74) is 1.48. The fourth-order valence-electron chi connectivity index (χ4n) is 1.87. The highest BCUT2D eigenvalue weighted by Crippen LogP contribution is 2.35. The summed E-state index contributed by atoms with van der Waals surface area (Å²) in [6.45, 7) is 5.10. The van der Waals surface area contributed by atoms with Gasteiger partial charge in [-0.2, -0.15) is 5.10 Å². The van der Waals surface area contributed by atoms with E-state index >= 15 is 0 Å². The van der Waals surface area contributed by atoms with Crippen LogP contribution in [0.4, 0.5) is 0 Å². The van der Waals surface area contributed by atoms with E-state index in [1.165, 1.54) is 12.8 Å². The van der Waals surface area contributed by atoms with Gasteiger partial charge in [0.1, 0.15) is 5.69 Å². The Kier molecular flexibility index (Phi) is 3.72. The molecule has 1 unspecified atom stereocenters. The van der Waals surface area contributed by atoms with Gasteiger partial charge >= 0.3 is 0 Å². The molecule has 1 saturated carbocycles. The molecule has 1 aliphatic rings. The number of amides is 1. The van der Waals surface area contributed by atoms with Gasteiger partial charge in [-0.25, -0.2) is 0 Å². The summed E-state index contributed by atoms with van der Waals surface area (Å²) in [6.07, 6.45) is 2.38. The van der Waals surface area contributed by atoms with Crippen LogP contribution in [-0.2, 0) is 6.54 Å². The normalized spacial score (nSPS) is 16.9. The molecule has 1 fully saturated rings. The number of hydrogen-bond acceptors (Lipinski definition) is 2. The third kappa shape index (κ3) is 3.00. The minimum absolute atomic E-state index is 0.0676. The number of rotatable bonds is 5. The molecule has 0 bridgehead atoms. The van der Waals surface area contributed by atoms with Crippen LogP contribution in [0.2, 0.25) is 0 Å². The number of nitrogens with one attached hydrogen (secondary N) is 1. The van der Waals surface area contributed by atoms with E-state index in [0.717, 1.165) is 5.69 Å². The molecule has 0 radical (unpaired) electrons. The van der Waals surface area contributed by atoms with E-state index in [1.807, 2.05) is 13.8 Å². The van der Waals surface area contributed by atoms with E-state index in [4.69, 9.17) is 11.6 Å². The number of nitrogens with zero attached hydrogens (tertiary/aromatic N) is 2. The molecule has 1 aromatic heterocycles. The van der Waals surface area contributed by atoms with Crippen molar-refractivity contribution in [3.8, 4) is 0 Å². The lowest BCUT2D eigenvalue weighted by atomic mass is 10.2. The number of hydrogen-bond donors (Lipinski definition) is 1. The molecule has 1 N–H and O–H groups in total. The third-order valence-corrected chi connectivity index (χ3v) is 3.54. The van der Waals surface area contributed by atoms with Crippen molar-refractivity contribution >= 4 is 17.5 Å². The molecule has 1 heterocycles. The number of aromatic nitrogens is 2. The molecule has 0 aliphatic heterocycles. The Morgan fingerprint density at radius 3 is 3.00 bits per heavy atom. The van der Waals surface area contributed by atoms with Crippen LogP contribution in [0.5, 0.6) is 0 Å². The SMILES string of the molecule is CCn1nc(C)cc1C(=O)NCC(Cl)C1CC1. The number of halogens is 1. The van der Waals surface area contributed by atoms with Gasteiger partial charge in [-0.3, -0.25) is 9.48 Å². The van der Waals surface area contributed by atoms with Crippen LogP contribution in [0.1, 0.15) is 35.9 Å². The van der Waals surface area contributed by atoms with Crippen molar-refractivity contribution in [1.29, 1.82) is 0 Å². The lowest BCUT2D eigenvalue weighted by Gasteiger charge is -2.10. The molecule has 17 heavy (non-hydrogen) atoms. The van der Waals surface area contributed by atoms with Gasteiger partial charge in [-0.05, 0) is 38.7 Å². The van der Waals surface area contributed by atoms with E-state index < -0.39 is 0 Å². The highest BCUT2D eigenvalue weighted by molar-refractivity contribution is 6.21. The summed E-state index contributed by atoms with van der Waals surface area (Å²) in [4.78, 5) is 12.0.